The maximum Gasteiger partial charge on any atom is 0.214 e. The molecule has 1 unspecified atom stereocenters. The van der Waals surface area contributed by atoms with Crippen LogP contribution in [0, 0.1) is 10.1 Å². The first-order valence-electron chi connectivity index (χ1n) is 7.05. The summed E-state index contributed by atoms with van der Waals surface area (Å²) in [7, 11) is 5.48. The number of anilines is 1. The van der Waals surface area contributed by atoms with E-state index in [1.807, 2.05) is 67.5 Å². The molecule has 2 aromatic carbocycles. The highest BCUT2D eigenvalue weighted by Crippen LogP contribution is 2.34. The SMILES string of the molecule is COc1cc(N(C)C)ccc1C(C[N+](=O)[O-])c1ccccc1. The zero-order chi connectivity index (χ0) is 16.1. The molecule has 2 rings (SSSR count). The summed E-state index contributed by atoms with van der Waals surface area (Å²) in [6, 6.07) is 15.3. The third kappa shape index (κ3) is 3.55. The van der Waals surface area contributed by atoms with Gasteiger partial charge in [-0.2, -0.15) is 0 Å². The Labute approximate surface area is 130 Å². The van der Waals surface area contributed by atoms with Crippen LogP contribution in [-0.4, -0.2) is 32.7 Å². The van der Waals surface area contributed by atoms with Crippen LogP contribution >= 0.6 is 0 Å². The van der Waals surface area contributed by atoms with Gasteiger partial charge in [-0.05, 0) is 11.6 Å². The smallest absolute Gasteiger partial charge is 0.214 e. The van der Waals surface area contributed by atoms with Gasteiger partial charge in [0.05, 0.1) is 13.0 Å². The fourth-order valence-corrected chi connectivity index (χ4v) is 2.48. The van der Waals surface area contributed by atoms with Gasteiger partial charge in [-0.15, -0.1) is 0 Å². The number of methoxy groups -OCH3 is 1. The maximum atomic E-state index is 11.1. The molecule has 0 fully saturated rings. The minimum absolute atomic E-state index is 0.165. The first kappa shape index (κ1) is 15.8. The highest BCUT2D eigenvalue weighted by Gasteiger charge is 2.23. The normalized spacial score (nSPS) is 11.8. The summed E-state index contributed by atoms with van der Waals surface area (Å²) in [5.74, 6) is 0.337. The van der Waals surface area contributed by atoms with Crippen molar-refractivity contribution in [1.82, 2.24) is 0 Å². The van der Waals surface area contributed by atoms with E-state index >= 15 is 0 Å². The van der Waals surface area contributed by atoms with Crippen molar-refractivity contribution in [3.05, 3.63) is 69.8 Å². The van der Waals surface area contributed by atoms with E-state index in [9.17, 15) is 10.1 Å². The zero-order valence-electron chi connectivity index (χ0n) is 13.0. The Morgan fingerprint density at radius 1 is 1.18 bits per heavy atom. The molecular formula is C17H20N2O3. The topological polar surface area (TPSA) is 55.6 Å². The summed E-state index contributed by atoms with van der Waals surface area (Å²) >= 11 is 0. The van der Waals surface area contributed by atoms with Gasteiger partial charge in [-0.1, -0.05) is 36.4 Å². The lowest BCUT2D eigenvalue weighted by Gasteiger charge is -2.20. The number of nitro groups is 1. The molecular weight excluding hydrogens is 280 g/mol. The molecule has 0 aromatic heterocycles. The molecule has 0 heterocycles. The molecule has 0 N–H and O–H groups in total. The average molecular weight is 300 g/mol. The molecule has 5 nitrogen and oxygen atoms in total. The minimum atomic E-state index is -0.331. The summed E-state index contributed by atoms with van der Waals surface area (Å²) in [6.45, 7) is -0.165. The highest BCUT2D eigenvalue weighted by molar-refractivity contribution is 5.55. The van der Waals surface area contributed by atoms with E-state index in [0.29, 0.717) is 5.75 Å². The summed E-state index contributed by atoms with van der Waals surface area (Å²) in [6.07, 6.45) is 0. The third-order valence-electron chi connectivity index (χ3n) is 3.64. The molecule has 22 heavy (non-hydrogen) atoms. The van der Waals surface area contributed by atoms with Gasteiger partial charge in [0.25, 0.3) is 0 Å². The van der Waals surface area contributed by atoms with E-state index < -0.39 is 0 Å². The van der Waals surface area contributed by atoms with E-state index in [-0.39, 0.29) is 17.4 Å². The number of rotatable bonds is 6. The van der Waals surface area contributed by atoms with Crippen LogP contribution in [0.1, 0.15) is 17.0 Å². The molecule has 0 bridgehead atoms. The average Bonchev–Trinajstić information content (AvgIpc) is 2.52. The van der Waals surface area contributed by atoms with E-state index in [1.165, 1.54) is 0 Å². The molecule has 1 atom stereocenters. The summed E-state index contributed by atoms with van der Waals surface area (Å²) in [5.41, 5.74) is 2.74. The fourth-order valence-electron chi connectivity index (χ4n) is 2.48. The van der Waals surface area contributed by atoms with Crippen molar-refractivity contribution in [1.29, 1.82) is 0 Å². The van der Waals surface area contributed by atoms with Crippen LogP contribution in [0.3, 0.4) is 0 Å². The molecule has 0 saturated carbocycles. The Hall–Kier alpha value is -2.56. The summed E-state index contributed by atoms with van der Waals surface area (Å²) in [4.78, 5) is 12.8. The number of hydrogen-bond donors (Lipinski definition) is 0. The lowest BCUT2D eigenvalue weighted by molar-refractivity contribution is -0.481. The molecule has 0 spiro atoms. The van der Waals surface area contributed by atoms with Gasteiger partial charge in [0.2, 0.25) is 6.54 Å². The Balaban J connectivity index is 2.49. The van der Waals surface area contributed by atoms with Crippen molar-refractivity contribution in [2.24, 2.45) is 0 Å². The second-order valence-corrected chi connectivity index (χ2v) is 5.30. The Morgan fingerprint density at radius 2 is 1.86 bits per heavy atom. The number of benzene rings is 2. The van der Waals surface area contributed by atoms with Gasteiger partial charge in [0.1, 0.15) is 5.75 Å². The van der Waals surface area contributed by atoms with E-state index in [4.69, 9.17) is 4.74 Å². The first-order chi connectivity index (χ1) is 10.5. The second-order valence-electron chi connectivity index (χ2n) is 5.30. The van der Waals surface area contributed by atoms with E-state index in [2.05, 4.69) is 0 Å². The van der Waals surface area contributed by atoms with Crippen molar-refractivity contribution in [2.45, 2.75) is 5.92 Å². The Bertz CT molecular complexity index is 642. The molecule has 0 aliphatic carbocycles. The molecule has 116 valence electrons. The van der Waals surface area contributed by atoms with Crippen LogP contribution in [0.2, 0.25) is 0 Å². The highest BCUT2D eigenvalue weighted by atomic mass is 16.6. The van der Waals surface area contributed by atoms with Gasteiger partial charge < -0.3 is 9.64 Å². The molecule has 2 aromatic rings. The van der Waals surface area contributed by atoms with Crippen LogP contribution in [-0.2, 0) is 0 Å². The third-order valence-corrected chi connectivity index (χ3v) is 3.64. The lowest BCUT2D eigenvalue weighted by atomic mass is 9.90. The quantitative estimate of drug-likeness (QED) is 0.607. The Kier molecular flexibility index (Phi) is 4.99. The largest absolute Gasteiger partial charge is 0.496 e. The zero-order valence-corrected chi connectivity index (χ0v) is 13.0. The van der Waals surface area contributed by atoms with Crippen LogP contribution in [0.15, 0.2) is 48.5 Å². The number of ether oxygens (including phenoxy) is 1. The molecule has 0 radical (unpaired) electrons. The van der Waals surface area contributed by atoms with Gasteiger partial charge in [-0.3, -0.25) is 10.1 Å². The predicted octanol–water partition coefficient (Wildman–Crippen LogP) is 3.17. The molecule has 0 aliphatic rings. The lowest BCUT2D eigenvalue weighted by Crippen LogP contribution is -2.15. The standard InChI is InChI=1S/C17H20N2O3/c1-18(2)14-9-10-15(17(11-14)22-3)16(12-19(20)21)13-7-5-4-6-8-13/h4-11,16H,12H2,1-3H3. The van der Waals surface area contributed by atoms with Crippen molar-refractivity contribution in [2.75, 3.05) is 32.6 Å². The number of hydrogen-bond acceptors (Lipinski definition) is 4. The van der Waals surface area contributed by atoms with Crippen molar-refractivity contribution < 1.29 is 9.66 Å². The Morgan fingerprint density at radius 3 is 2.41 bits per heavy atom. The van der Waals surface area contributed by atoms with Gasteiger partial charge >= 0.3 is 0 Å². The molecule has 5 heteroatoms. The van der Waals surface area contributed by atoms with Crippen LogP contribution in [0.25, 0.3) is 0 Å². The number of nitrogens with zero attached hydrogens (tertiary/aromatic N) is 2. The van der Waals surface area contributed by atoms with E-state index in [0.717, 1.165) is 16.8 Å². The van der Waals surface area contributed by atoms with Gasteiger partial charge in [-0.25, -0.2) is 0 Å². The van der Waals surface area contributed by atoms with Crippen LogP contribution in [0.5, 0.6) is 5.75 Å². The van der Waals surface area contributed by atoms with Crippen molar-refractivity contribution in [3.8, 4) is 5.75 Å². The molecule has 0 saturated heterocycles. The fraction of sp³-hybridized carbons (Fsp3) is 0.294. The van der Waals surface area contributed by atoms with Gasteiger partial charge in [0, 0.05) is 36.3 Å². The van der Waals surface area contributed by atoms with Crippen molar-refractivity contribution >= 4 is 5.69 Å². The van der Waals surface area contributed by atoms with Crippen LogP contribution in [0.4, 0.5) is 5.69 Å². The van der Waals surface area contributed by atoms with Crippen molar-refractivity contribution in [3.63, 3.8) is 0 Å². The second kappa shape index (κ2) is 6.93. The predicted molar refractivity (Wildman–Crippen MR) is 87.5 cm³/mol. The first-order valence-corrected chi connectivity index (χ1v) is 7.05. The minimum Gasteiger partial charge on any atom is -0.496 e. The monoisotopic (exact) mass is 300 g/mol. The molecule has 0 amide bonds. The van der Waals surface area contributed by atoms with Crippen LogP contribution < -0.4 is 9.64 Å². The summed E-state index contributed by atoms with van der Waals surface area (Å²) < 4.78 is 5.47. The van der Waals surface area contributed by atoms with E-state index in [1.54, 1.807) is 7.11 Å². The van der Waals surface area contributed by atoms with Gasteiger partial charge in [0.15, 0.2) is 0 Å². The summed E-state index contributed by atoms with van der Waals surface area (Å²) in [5, 5.41) is 11.1. The maximum absolute atomic E-state index is 11.1. The molecule has 0 aliphatic heterocycles.